The zero-order valence-electron chi connectivity index (χ0n) is 12.1. The number of nitrogens with one attached hydrogen (secondary N) is 1. The molecule has 6 nitrogen and oxygen atoms in total. The van der Waals surface area contributed by atoms with Crippen LogP contribution in [0, 0.1) is 11.3 Å². The molecule has 3 N–H and O–H groups in total. The van der Waals surface area contributed by atoms with Gasteiger partial charge in [0.05, 0.1) is 5.69 Å². The molecule has 124 valence electrons. The number of carboxylic acid groups (broad SMARTS) is 1. The highest BCUT2D eigenvalue weighted by molar-refractivity contribution is 5.77. The van der Waals surface area contributed by atoms with Gasteiger partial charge in [0.1, 0.15) is 6.10 Å². The number of aliphatic hydroxyl groups is 1. The third-order valence-corrected chi connectivity index (χ3v) is 4.16. The molecule has 0 spiro atoms. The third-order valence-electron chi connectivity index (χ3n) is 4.16. The van der Waals surface area contributed by atoms with Gasteiger partial charge in [0.25, 0.3) is 0 Å². The molecule has 22 heavy (non-hydrogen) atoms. The molecule has 1 aromatic rings. The van der Waals surface area contributed by atoms with Crippen molar-refractivity contribution < 1.29 is 28.2 Å². The fourth-order valence-corrected chi connectivity index (χ4v) is 2.97. The summed E-state index contributed by atoms with van der Waals surface area (Å²) in [5.41, 5.74) is -2.84. The van der Waals surface area contributed by atoms with Gasteiger partial charge in [-0.15, -0.1) is 0 Å². The van der Waals surface area contributed by atoms with Gasteiger partial charge in [-0.25, -0.2) is 0 Å². The number of rotatable bonds is 4. The summed E-state index contributed by atoms with van der Waals surface area (Å²) in [6, 6.07) is 1.24. The van der Waals surface area contributed by atoms with E-state index in [0.717, 1.165) is 0 Å². The van der Waals surface area contributed by atoms with Gasteiger partial charge in [-0.05, 0) is 19.9 Å². The smallest absolute Gasteiger partial charge is 0.406 e. The molecule has 3 atom stereocenters. The number of aromatic nitrogens is 2. The Morgan fingerprint density at radius 1 is 1.55 bits per heavy atom. The van der Waals surface area contributed by atoms with E-state index in [1.807, 2.05) is 0 Å². The van der Waals surface area contributed by atoms with Gasteiger partial charge in [0.15, 0.2) is 5.41 Å². The Morgan fingerprint density at radius 3 is 2.68 bits per heavy atom. The lowest BCUT2D eigenvalue weighted by Crippen LogP contribution is -2.52. The van der Waals surface area contributed by atoms with E-state index in [1.165, 1.54) is 16.9 Å². The summed E-state index contributed by atoms with van der Waals surface area (Å²) in [5, 5.41) is 26.0. The summed E-state index contributed by atoms with van der Waals surface area (Å²) in [5.74, 6) is -3.51. The van der Waals surface area contributed by atoms with Crippen molar-refractivity contribution in [2.24, 2.45) is 11.3 Å². The van der Waals surface area contributed by atoms with E-state index in [2.05, 4.69) is 10.4 Å². The number of alkyl halides is 3. The molecule has 0 saturated carbocycles. The third kappa shape index (κ3) is 2.38. The highest BCUT2D eigenvalue weighted by atomic mass is 19.4. The second kappa shape index (κ2) is 5.54. The Balaban J connectivity index is 2.45. The number of hydrogen-bond acceptors (Lipinski definition) is 4. The summed E-state index contributed by atoms with van der Waals surface area (Å²) >= 11 is 0. The molecular weight excluding hydrogens is 303 g/mol. The van der Waals surface area contributed by atoms with E-state index in [4.69, 9.17) is 0 Å². The lowest BCUT2D eigenvalue weighted by molar-refractivity contribution is -0.244. The summed E-state index contributed by atoms with van der Waals surface area (Å²) in [4.78, 5) is 11.4. The first-order chi connectivity index (χ1) is 10.1. The molecule has 9 heteroatoms. The Morgan fingerprint density at radius 2 is 2.18 bits per heavy atom. The lowest BCUT2D eigenvalue weighted by Gasteiger charge is -2.35. The van der Waals surface area contributed by atoms with Crippen LogP contribution in [0.4, 0.5) is 13.2 Å². The molecule has 0 amide bonds. The van der Waals surface area contributed by atoms with Gasteiger partial charge < -0.3 is 15.5 Å². The molecule has 3 unspecified atom stereocenters. The van der Waals surface area contributed by atoms with E-state index in [-0.39, 0.29) is 18.3 Å². The normalized spacial score (nSPS) is 27.3. The van der Waals surface area contributed by atoms with Crippen LogP contribution < -0.4 is 5.32 Å². The minimum Gasteiger partial charge on any atom is -0.481 e. The first-order valence-corrected chi connectivity index (χ1v) is 6.85. The van der Waals surface area contributed by atoms with Crippen LogP contribution in [-0.2, 0) is 4.79 Å². The van der Waals surface area contributed by atoms with Crippen molar-refractivity contribution in [2.75, 3.05) is 13.1 Å². The molecule has 2 heterocycles. The molecule has 1 saturated heterocycles. The second-order valence-electron chi connectivity index (χ2n) is 5.75. The van der Waals surface area contributed by atoms with Crippen molar-refractivity contribution in [3.05, 3.63) is 18.0 Å². The lowest BCUT2D eigenvalue weighted by atomic mass is 9.73. The summed E-state index contributed by atoms with van der Waals surface area (Å²) in [7, 11) is 0. The largest absolute Gasteiger partial charge is 0.481 e. The number of hydrogen-bond donors (Lipinski definition) is 3. The number of nitrogens with zero attached hydrogens (tertiary/aromatic N) is 2. The van der Waals surface area contributed by atoms with Crippen molar-refractivity contribution >= 4 is 5.97 Å². The minimum absolute atomic E-state index is 0.167. The van der Waals surface area contributed by atoms with Gasteiger partial charge in [0.2, 0.25) is 0 Å². The molecule has 0 radical (unpaired) electrons. The number of carboxylic acids is 1. The van der Waals surface area contributed by atoms with Crippen molar-refractivity contribution in [1.29, 1.82) is 0 Å². The Labute approximate surface area is 124 Å². The maximum Gasteiger partial charge on any atom is 0.406 e. The predicted molar refractivity (Wildman–Crippen MR) is 70.1 cm³/mol. The molecule has 1 aliphatic rings. The highest BCUT2D eigenvalue weighted by Gasteiger charge is 2.68. The number of aliphatic carboxylic acids is 1. The molecule has 0 aliphatic carbocycles. The van der Waals surface area contributed by atoms with Crippen LogP contribution in [0.2, 0.25) is 0 Å². The molecule has 1 fully saturated rings. The quantitative estimate of drug-likeness (QED) is 0.779. The summed E-state index contributed by atoms with van der Waals surface area (Å²) in [6.07, 6.45) is -5.19. The fourth-order valence-electron chi connectivity index (χ4n) is 2.97. The number of halogens is 3. The number of carbonyl (C=O) groups is 1. The van der Waals surface area contributed by atoms with E-state index in [9.17, 15) is 28.2 Å². The van der Waals surface area contributed by atoms with E-state index < -0.39 is 36.1 Å². The van der Waals surface area contributed by atoms with Crippen LogP contribution in [0.5, 0.6) is 0 Å². The molecule has 0 aromatic carbocycles. The van der Waals surface area contributed by atoms with Crippen molar-refractivity contribution in [3.8, 4) is 0 Å². The maximum absolute atomic E-state index is 13.4. The van der Waals surface area contributed by atoms with E-state index in [0.29, 0.717) is 0 Å². The molecule has 1 aromatic heterocycles. The van der Waals surface area contributed by atoms with Crippen LogP contribution in [0.1, 0.15) is 31.7 Å². The predicted octanol–water partition coefficient (Wildman–Crippen LogP) is 1.35. The first-order valence-electron chi connectivity index (χ1n) is 6.85. The standard InChI is InChI=1S/C13H18F3N3O3/c1-7(2)19-9(3-4-18-19)10(20)8-5-17-6-12(8,11(21)22)13(14,15)16/h3-4,7-8,10,17,20H,5-6H2,1-2H3,(H,21,22). The molecular formula is C13H18F3N3O3. The van der Waals surface area contributed by atoms with E-state index in [1.54, 1.807) is 13.8 Å². The Hall–Kier alpha value is -1.61. The summed E-state index contributed by atoms with van der Waals surface area (Å²) in [6.45, 7) is 2.54. The van der Waals surface area contributed by atoms with Crippen LogP contribution in [0.15, 0.2) is 12.3 Å². The average Bonchev–Trinajstić information content (AvgIpc) is 3.04. The SMILES string of the molecule is CC(C)n1nccc1C(O)C1CNCC1(C(=O)O)C(F)(F)F. The number of aliphatic hydroxyl groups excluding tert-OH is 1. The molecule has 1 aliphatic heterocycles. The van der Waals surface area contributed by atoms with Gasteiger partial charge >= 0.3 is 12.1 Å². The van der Waals surface area contributed by atoms with Crippen molar-refractivity contribution in [2.45, 2.75) is 32.2 Å². The van der Waals surface area contributed by atoms with Gasteiger partial charge in [-0.1, -0.05) is 0 Å². The summed E-state index contributed by atoms with van der Waals surface area (Å²) < 4.78 is 41.7. The average molecular weight is 321 g/mol. The first kappa shape index (κ1) is 16.8. The van der Waals surface area contributed by atoms with Crippen molar-refractivity contribution in [1.82, 2.24) is 15.1 Å². The molecule has 2 rings (SSSR count). The van der Waals surface area contributed by atoms with Gasteiger partial charge in [0, 0.05) is 31.2 Å². The zero-order chi connectivity index (χ0) is 16.7. The van der Waals surface area contributed by atoms with Gasteiger partial charge in [-0.2, -0.15) is 18.3 Å². The van der Waals surface area contributed by atoms with Crippen LogP contribution in [-0.4, -0.2) is 45.2 Å². The van der Waals surface area contributed by atoms with Gasteiger partial charge in [-0.3, -0.25) is 9.48 Å². The zero-order valence-corrected chi connectivity index (χ0v) is 12.1. The minimum atomic E-state index is -4.98. The Bertz CT molecular complexity index is 558. The second-order valence-corrected chi connectivity index (χ2v) is 5.75. The van der Waals surface area contributed by atoms with Crippen molar-refractivity contribution in [3.63, 3.8) is 0 Å². The molecule has 0 bridgehead atoms. The van der Waals surface area contributed by atoms with E-state index >= 15 is 0 Å². The van der Waals surface area contributed by atoms with Crippen LogP contribution >= 0.6 is 0 Å². The van der Waals surface area contributed by atoms with Crippen LogP contribution in [0.3, 0.4) is 0 Å². The monoisotopic (exact) mass is 321 g/mol. The fraction of sp³-hybridized carbons (Fsp3) is 0.692. The Kier molecular flexibility index (Phi) is 4.22. The van der Waals surface area contributed by atoms with Crippen LogP contribution in [0.25, 0.3) is 0 Å². The maximum atomic E-state index is 13.4. The highest BCUT2D eigenvalue weighted by Crippen LogP contribution is 2.50. The topological polar surface area (TPSA) is 87.4 Å².